The minimum atomic E-state index is -3.72. The van der Waals surface area contributed by atoms with Crippen molar-refractivity contribution in [2.75, 3.05) is 13.1 Å². The summed E-state index contributed by atoms with van der Waals surface area (Å²) in [4.78, 5) is 18.7. The molecule has 7 nitrogen and oxygen atoms in total. The fraction of sp³-hybridized carbons (Fsp3) is 0.444. The van der Waals surface area contributed by atoms with Gasteiger partial charge in [0.05, 0.1) is 11.4 Å². The molecule has 0 spiro atoms. The van der Waals surface area contributed by atoms with Crippen molar-refractivity contribution in [3.05, 3.63) is 48.0 Å². The zero-order valence-corrected chi connectivity index (χ0v) is 15.9. The second-order valence-corrected chi connectivity index (χ2v) is 8.55. The number of aromatic nitrogens is 2. The van der Waals surface area contributed by atoms with Gasteiger partial charge in [0.15, 0.2) is 0 Å². The van der Waals surface area contributed by atoms with E-state index in [2.05, 4.69) is 16.6 Å². The molecule has 26 heavy (non-hydrogen) atoms. The molecule has 2 aromatic rings. The summed E-state index contributed by atoms with van der Waals surface area (Å²) in [6.07, 6.45) is 5.33. The highest BCUT2D eigenvalue weighted by molar-refractivity contribution is 7.89. The molecule has 8 heteroatoms. The van der Waals surface area contributed by atoms with Crippen molar-refractivity contribution in [2.45, 2.75) is 31.2 Å². The molecule has 1 aromatic carbocycles. The van der Waals surface area contributed by atoms with Crippen LogP contribution in [0.2, 0.25) is 0 Å². The lowest BCUT2D eigenvalue weighted by atomic mass is 9.98. The van der Waals surface area contributed by atoms with Crippen LogP contribution >= 0.6 is 0 Å². The molecule has 1 aromatic heterocycles. The van der Waals surface area contributed by atoms with Crippen LogP contribution in [-0.2, 0) is 23.6 Å². The van der Waals surface area contributed by atoms with E-state index in [1.165, 1.54) is 12.1 Å². The van der Waals surface area contributed by atoms with Gasteiger partial charge < -0.3 is 9.47 Å². The number of rotatable bonds is 5. The van der Waals surface area contributed by atoms with Gasteiger partial charge in [-0.2, -0.15) is 0 Å². The Labute approximate surface area is 154 Å². The molecule has 1 aliphatic heterocycles. The van der Waals surface area contributed by atoms with E-state index in [-0.39, 0.29) is 17.3 Å². The molecular formula is C18H24N4O3S. The number of imidazole rings is 1. The Balaban J connectivity index is 1.73. The number of carbonyl (C=O) groups excluding carboxylic acids is 1. The van der Waals surface area contributed by atoms with Gasteiger partial charge in [0.25, 0.3) is 5.91 Å². The third-order valence-corrected chi connectivity index (χ3v) is 6.20. The molecule has 0 unspecified atom stereocenters. The van der Waals surface area contributed by atoms with Gasteiger partial charge in [-0.25, -0.2) is 18.1 Å². The van der Waals surface area contributed by atoms with Crippen LogP contribution in [0.4, 0.5) is 0 Å². The van der Waals surface area contributed by atoms with Crippen LogP contribution in [0.3, 0.4) is 0 Å². The minimum absolute atomic E-state index is 0.0861. The maximum atomic E-state index is 12.7. The van der Waals surface area contributed by atoms with Gasteiger partial charge in [-0.3, -0.25) is 4.79 Å². The Morgan fingerprint density at radius 2 is 2.04 bits per heavy atom. The summed E-state index contributed by atoms with van der Waals surface area (Å²) in [5.41, 5.74) is 0.402. The molecule has 1 N–H and O–H groups in total. The van der Waals surface area contributed by atoms with E-state index >= 15 is 0 Å². The van der Waals surface area contributed by atoms with E-state index in [1.54, 1.807) is 41.0 Å². The van der Waals surface area contributed by atoms with E-state index in [0.717, 1.165) is 12.8 Å². The van der Waals surface area contributed by atoms with Gasteiger partial charge in [0.1, 0.15) is 5.82 Å². The Kier molecular flexibility index (Phi) is 5.43. The first kappa shape index (κ1) is 18.6. The van der Waals surface area contributed by atoms with Crippen LogP contribution in [0.25, 0.3) is 0 Å². The molecule has 1 saturated heterocycles. The van der Waals surface area contributed by atoms with Crippen molar-refractivity contribution in [1.29, 1.82) is 0 Å². The van der Waals surface area contributed by atoms with E-state index in [1.807, 2.05) is 0 Å². The van der Waals surface area contributed by atoms with Crippen LogP contribution in [0, 0.1) is 5.92 Å². The molecule has 140 valence electrons. The lowest BCUT2D eigenvalue weighted by Gasteiger charge is -2.30. The van der Waals surface area contributed by atoms with E-state index in [0.29, 0.717) is 30.4 Å². The van der Waals surface area contributed by atoms with Gasteiger partial charge in [0.2, 0.25) is 10.0 Å². The van der Waals surface area contributed by atoms with E-state index in [4.69, 9.17) is 0 Å². The lowest BCUT2D eigenvalue weighted by Crippen LogP contribution is -2.38. The third-order valence-electron chi connectivity index (χ3n) is 4.80. The minimum Gasteiger partial charge on any atom is -0.339 e. The van der Waals surface area contributed by atoms with Crippen LogP contribution in [0.1, 0.15) is 35.9 Å². The summed E-state index contributed by atoms with van der Waals surface area (Å²) in [6.45, 7) is 3.71. The zero-order valence-electron chi connectivity index (χ0n) is 15.1. The summed E-state index contributed by atoms with van der Waals surface area (Å²) in [6, 6.07) is 6.21. The Hall–Kier alpha value is -2.19. The average molecular weight is 376 g/mol. The first-order chi connectivity index (χ1) is 12.4. The quantitative estimate of drug-likeness (QED) is 0.862. The number of aryl methyl sites for hydroxylation is 1. The molecule has 1 amide bonds. The monoisotopic (exact) mass is 376 g/mol. The zero-order chi connectivity index (χ0) is 18.7. The maximum Gasteiger partial charge on any atom is 0.253 e. The Bertz CT molecular complexity index is 883. The predicted octanol–water partition coefficient (Wildman–Crippen LogP) is 1.77. The number of carbonyl (C=O) groups is 1. The van der Waals surface area contributed by atoms with Gasteiger partial charge in [0, 0.05) is 38.1 Å². The van der Waals surface area contributed by atoms with Gasteiger partial charge in [-0.05, 0) is 37.0 Å². The molecule has 3 rings (SSSR count). The van der Waals surface area contributed by atoms with Gasteiger partial charge in [-0.15, -0.1) is 0 Å². The van der Waals surface area contributed by atoms with Crippen molar-refractivity contribution in [3.63, 3.8) is 0 Å². The summed E-state index contributed by atoms with van der Waals surface area (Å²) in [7, 11) is -1.92. The van der Waals surface area contributed by atoms with Crippen LogP contribution in [0.15, 0.2) is 41.6 Å². The number of amides is 1. The smallest absolute Gasteiger partial charge is 0.253 e. The number of likely N-dealkylation sites (tertiary alicyclic amines) is 1. The summed E-state index contributed by atoms with van der Waals surface area (Å²) >= 11 is 0. The number of hydrogen-bond acceptors (Lipinski definition) is 4. The third kappa shape index (κ3) is 4.13. The second-order valence-electron chi connectivity index (χ2n) is 6.78. The van der Waals surface area contributed by atoms with E-state index in [9.17, 15) is 13.2 Å². The Morgan fingerprint density at radius 3 is 2.69 bits per heavy atom. The molecule has 0 bridgehead atoms. The SMILES string of the molecule is CC1CCN(C(=O)c2cccc(S(=O)(=O)NCc3nccn3C)c2)CC1. The number of hydrogen-bond donors (Lipinski definition) is 1. The molecule has 0 radical (unpaired) electrons. The summed E-state index contributed by atoms with van der Waals surface area (Å²) in [5, 5.41) is 0. The standard InChI is InChI=1S/C18H24N4O3S/c1-14-6-9-22(10-7-14)18(23)15-4-3-5-16(12-15)26(24,25)20-13-17-19-8-11-21(17)2/h3-5,8,11-12,14,20H,6-7,9-10,13H2,1-2H3. The number of nitrogens with one attached hydrogen (secondary N) is 1. The number of nitrogens with zero attached hydrogens (tertiary/aromatic N) is 3. The van der Waals surface area contributed by atoms with Crippen molar-refractivity contribution in [1.82, 2.24) is 19.2 Å². The van der Waals surface area contributed by atoms with E-state index < -0.39 is 10.0 Å². The average Bonchev–Trinajstić information content (AvgIpc) is 3.05. The number of piperidine rings is 1. The predicted molar refractivity (Wildman–Crippen MR) is 98.0 cm³/mol. The second kappa shape index (κ2) is 7.59. The number of sulfonamides is 1. The van der Waals surface area contributed by atoms with Crippen LogP contribution < -0.4 is 4.72 Å². The largest absolute Gasteiger partial charge is 0.339 e. The highest BCUT2D eigenvalue weighted by Crippen LogP contribution is 2.19. The lowest BCUT2D eigenvalue weighted by molar-refractivity contribution is 0.0697. The normalized spacial score (nSPS) is 16.0. The van der Waals surface area contributed by atoms with Crippen molar-refractivity contribution < 1.29 is 13.2 Å². The van der Waals surface area contributed by atoms with Crippen molar-refractivity contribution in [3.8, 4) is 0 Å². The summed E-state index contributed by atoms with van der Waals surface area (Å²) < 4.78 is 29.4. The van der Waals surface area contributed by atoms with Crippen molar-refractivity contribution in [2.24, 2.45) is 13.0 Å². The first-order valence-electron chi connectivity index (χ1n) is 8.72. The highest BCUT2D eigenvalue weighted by atomic mass is 32.2. The fourth-order valence-corrected chi connectivity index (χ4v) is 4.03. The van der Waals surface area contributed by atoms with Crippen molar-refractivity contribution >= 4 is 15.9 Å². The molecule has 1 fully saturated rings. The number of benzene rings is 1. The molecular weight excluding hydrogens is 352 g/mol. The van der Waals surface area contributed by atoms with Gasteiger partial charge >= 0.3 is 0 Å². The maximum absolute atomic E-state index is 12.7. The summed E-state index contributed by atoms with van der Waals surface area (Å²) in [5.74, 6) is 1.13. The molecule has 0 atom stereocenters. The van der Waals surface area contributed by atoms with Gasteiger partial charge in [-0.1, -0.05) is 13.0 Å². The molecule has 2 heterocycles. The molecule has 0 aliphatic carbocycles. The molecule has 1 aliphatic rings. The van der Waals surface area contributed by atoms with Crippen LogP contribution in [-0.4, -0.2) is 41.9 Å². The fourth-order valence-electron chi connectivity index (χ4n) is 3.00. The Morgan fingerprint density at radius 1 is 1.31 bits per heavy atom. The first-order valence-corrected chi connectivity index (χ1v) is 10.2. The molecule has 0 saturated carbocycles. The van der Waals surface area contributed by atoms with Crippen LogP contribution in [0.5, 0.6) is 0 Å². The topological polar surface area (TPSA) is 84.3 Å². The highest BCUT2D eigenvalue weighted by Gasteiger charge is 2.23.